The Balaban J connectivity index is 0.000000269. The van der Waals surface area contributed by atoms with Crippen LogP contribution in [0.5, 0.6) is 0 Å². The number of aliphatic hydroxyl groups excluding tert-OH is 1. The number of piperidine rings is 1. The molecule has 0 saturated carbocycles. The van der Waals surface area contributed by atoms with Crippen LogP contribution < -0.4 is 5.73 Å². The van der Waals surface area contributed by atoms with Crippen molar-refractivity contribution in [1.29, 1.82) is 0 Å². The average molecular weight is 446 g/mol. The number of amides is 4. The number of carbonyl (C=O) groups excluding carboxylic acids is 4. The number of hydrogen-bond acceptors (Lipinski definition) is 8. The molecule has 172 valence electrons. The van der Waals surface area contributed by atoms with E-state index in [1.807, 2.05) is 4.90 Å². The van der Waals surface area contributed by atoms with E-state index in [0.29, 0.717) is 5.69 Å². The van der Waals surface area contributed by atoms with Crippen molar-refractivity contribution in [3.8, 4) is 0 Å². The summed E-state index contributed by atoms with van der Waals surface area (Å²) in [6.45, 7) is 1.63. The molecule has 4 rings (SSSR count). The van der Waals surface area contributed by atoms with E-state index < -0.39 is 35.6 Å². The van der Waals surface area contributed by atoms with Crippen LogP contribution in [0.1, 0.15) is 46.4 Å². The molecule has 1 aromatic carbocycles. The van der Waals surface area contributed by atoms with Gasteiger partial charge in [0.15, 0.2) is 0 Å². The fourth-order valence-electron chi connectivity index (χ4n) is 4.09. The molecular weight excluding hydrogens is 420 g/mol. The molecule has 1 atom stereocenters. The van der Waals surface area contributed by atoms with Gasteiger partial charge in [0.2, 0.25) is 5.91 Å². The number of fused-ring (bicyclic) bond motifs is 1. The number of β-amino-alcohol motifs (C(OH)–C–C–N with tert-alkyl or cyclic N) is 1. The van der Waals surface area contributed by atoms with Crippen molar-refractivity contribution in [1.82, 2.24) is 14.7 Å². The number of rotatable bonds is 5. The number of hydrogen-bond donors (Lipinski definition) is 3. The van der Waals surface area contributed by atoms with Crippen LogP contribution in [0.4, 0.5) is 5.69 Å². The van der Waals surface area contributed by atoms with E-state index in [2.05, 4.69) is 0 Å². The number of carbonyl (C=O) groups is 5. The topological polar surface area (TPSA) is 162 Å². The van der Waals surface area contributed by atoms with E-state index in [1.165, 1.54) is 18.2 Å². The Morgan fingerprint density at radius 1 is 1.06 bits per heavy atom. The Morgan fingerprint density at radius 2 is 1.72 bits per heavy atom. The van der Waals surface area contributed by atoms with Gasteiger partial charge in [-0.25, -0.2) is 0 Å². The molecule has 0 spiro atoms. The molecule has 0 aliphatic carbocycles. The second-order valence-electron chi connectivity index (χ2n) is 7.82. The first-order valence-corrected chi connectivity index (χ1v) is 10.4. The van der Waals surface area contributed by atoms with Gasteiger partial charge < -0.3 is 15.9 Å². The number of anilines is 1. The highest BCUT2D eigenvalue weighted by molar-refractivity contribution is 6.23. The lowest BCUT2D eigenvalue weighted by Gasteiger charge is -2.34. The molecule has 3 aliphatic heterocycles. The van der Waals surface area contributed by atoms with Gasteiger partial charge in [-0.15, -0.1) is 0 Å². The quantitative estimate of drug-likeness (QED) is 0.401. The number of likely N-dealkylation sites (tertiary alicyclic amines) is 2. The normalized spacial score (nSPS) is 21.0. The van der Waals surface area contributed by atoms with Crippen LogP contribution in [0.25, 0.3) is 0 Å². The average Bonchev–Trinajstić information content (AvgIpc) is 3.33. The molecule has 2 fully saturated rings. The molecule has 0 bridgehead atoms. The molecule has 11 heteroatoms. The van der Waals surface area contributed by atoms with Crippen molar-refractivity contribution in [3.05, 3.63) is 29.3 Å². The summed E-state index contributed by atoms with van der Waals surface area (Å²) in [6, 6.07) is 3.33. The molecule has 11 nitrogen and oxygen atoms in total. The van der Waals surface area contributed by atoms with Gasteiger partial charge in [-0.05, 0) is 50.6 Å². The second kappa shape index (κ2) is 9.88. The van der Waals surface area contributed by atoms with Gasteiger partial charge in [-0.3, -0.25) is 38.7 Å². The monoisotopic (exact) mass is 446 g/mol. The summed E-state index contributed by atoms with van der Waals surface area (Å²) < 4.78 is 0. The zero-order valence-electron chi connectivity index (χ0n) is 17.5. The number of nitrogens with zero attached hydrogens (tertiary/aromatic N) is 3. The molecule has 0 radical (unpaired) electrons. The maximum absolute atomic E-state index is 12.5. The van der Waals surface area contributed by atoms with E-state index in [0.717, 1.165) is 35.7 Å². The Hall–Kier alpha value is -3.31. The van der Waals surface area contributed by atoms with E-state index >= 15 is 0 Å². The third kappa shape index (κ3) is 4.78. The van der Waals surface area contributed by atoms with Crippen LogP contribution in [0.15, 0.2) is 18.2 Å². The first-order chi connectivity index (χ1) is 15.2. The molecule has 32 heavy (non-hydrogen) atoms. The minimum Gasteiger partial charge on any atom is -0.480 e. The maximum atomic E-state index is 12.5. The summed E-state index contributed by atoms with van der Waals surface area (Å²) in [7, 11) is 0. The molecule has 2 saturated heterocycles. The number of carboxylic acids is 1. The van der Waals surface area contributed by atoms with E-state index in [-0.39, 0.29) is 43.7 Å². The first-order valence-electron chi connectivity index (χ1n) is 10.4. The van der Waals surface area contributed by atoms with Gasteiger partial charge in [-0.2, -0.15) is 0 Å². The van der Waals surface area contributed by atoms with Crippen molar-refractivity contribution >= 4 is 35.3 Å². The van der Waals surface area contributed by atoms with Crippen LogP contribution in [0.2, 0.25) is 0 Å². The lowest BCUT2D eigenvalue weighted by Crippen LogP contribution is -2.56. The molecule has 1 unspecified atom stereocenters. The van der Waals surface area contributed by atoms with Gasteiger partial charge >= 0.3 is 5.97 Å². The van der Waals surface area contributed by atoms with Crippen LogP contribution in [-0.4, -0.2) is 93.3 Å². The van der Waals surface area contributed by atoms with E-state index in [4.69, 9.17) is 15.9 Å². The zero-order valence-corrected chi connectivity index (χ0v) is 17.5. The lowest BCUT2D eigenvalue weighted by atomic mass is 10.0. The summed E-state index contributed by atoms with van der Waals surface area (Å²) in [5.74, 6) is -2.92. The highest BCUT2D eigenvalue weighted by Gasteiger charge is 2.46. The van der Waals surface area contributed by atoms with E-state index in [1.54, 1.807) is 0 Å². The Labute approximate surface area is 184 Å². The largest absolute Gasteiger partial charge is 0.480 e. The Kier molecular flexibility index (Phi) is 7.21. The molecule has 4 N–H and O–H groups in total. The smallest absolute Gasteiger partial charge is 0.317 e. The molecule has 0 aromatic heterocycles. The molecule has 3 heterocycles. The van der Waals surface area contributed by atoms with Gasteiger partial charge in [-0.1, -0.05) is 0 Å². The highest BCUT2D eigenvalue weighted by atomic mass is 16.4. The predicted molar refractivity (Wildman–Crippen MR) is 111 cm³/mol. The highest BCUT2D eigenvalue weighted by Crippen LogP contribution is 2.30. The number of nitrogens with two attached hydrogens (primary N) is 1. The summed E-state index contributed by atoms with van der Waals surface area (Å²) in [6.07, 6.45) is 2.44. The maximum Gasteiger partial charge on any atom is 0.317 e. The number of aliphatic hydroxyl groups is 1. The summed E-state index contributed by atoms with van der Waals surface area (Å²) in [5, 5.41) is 17.3. The minimum atomic E-state index is -1.03. The van der Waals surface area contributed by atoms with Crippen molar-refractivity contribution < 1.29 is 34.2 Å². The van der Waals surface area contributed by atoms with Crippen LogP contribution >= 0.6 is 0 Å². The SMILES string of the molecule is Nc1ccc2c(c1)C(=O)N(C1CCC(=O)N(CCO)C1=O)C2=O.O=C(O)CN1CCCC1. The summed E-state index contributed by atoms with van der Waals surface area (Å²) >= 11 is 0. The predicted octanol–water partition coefficient (Wildman–Crippen LogP) is -0.458. The van der Waals surface area contributed by atoms with Crippen molar-refractivity contribution in [2.75, 3.05) is 38.5 Å². The van der Waals surface area contributed by atoms with Crippen molar-refractivity contribution in [2.45, 2.75) is 31.7 Å². The first kappa shape index (κ1) is 23.4. The number of benzene rings is 1. The van der Waals surface area contributed by atoms with Crippen LogP contribution in [-0.2, 0) is 14.4 Å². The fourth-order valence-corrected chi connectivity index (χ4v) is 4.09. The van der Waals surface area contributed by atoms with Crippen molar-refractivity contribution in [3.63, 3.8) is 0 Å². The summed E-state index contributed by atoms with van der Waals surface area (Å²) in [4.78, 5) is 63.0. The number of nitrogen functional groups attached to an aromatic ring is 1. The molecule has 4 amide bonds. The standard InChI is InChI=1S/C15H15N3O5.C6H11NO2/c16-8-1-2-9-10(7-8)14(22)18(13(9)21)11-3-4-12(20)17(5-6-19)15(11)23;8-6(9)5-7-3-1-2-4-7/h1-2,7,11,19H,3-6,16H2;1-5H2,(H,8,9). The molecular formula is C21H26N4O7. The zero-order chi connectivity index (χ0) is 23.4. The molecule has 3 aliphatic rings. The number of carboxylic acid groups (broad SMARTS) is 1. The van der Waals surface area contributed by atoms with Crippen LogP contribution in [0.3, 0.4) is 0 Å². The summed E-state index contributed by atoms with van der Waals surface area (Å²) in [5.41, 5.74) is 6.34. The van der Waals surface area contributed by atoms with Gasteiger partial charge in [0.05, 0.1) is 30.8 Å². The number of imide groups is 2. The van der Waals surface area contributed by atoms with Gasteiger partial charge in [0.25, 0.3) is 17.7 Å². The number of aliphatic carboxylic acids is 1. The van der Waals surface area contributed by atoms with Gasteiger partial charge in [0, 0.05) is 12.1 Å². The van der Waals surface area contributed by atoms with Crippen LogP contribution in [0, 0.1) is 0 Å². The third-order valence-corrected chi connectivity index (χ3v) is 5.62. The second-order valence-corrected chi connectivity index (χ2v) is 7.82. The Morgan fingerprint density at radius 3 is 2.34 bits per heavy atom. The van der Waals surface area contributed by atoms with E-state index in [9.17, 15) is 24.0 Å². The minimum absolute atomic E-state index is 0.0337. The lowest BCUT2D eigenvalue weighted by molar-refractivity contribution is -0.152. The van der Waals surface area contributed by atoms with Gasteiger partial charge in [0.1, 0.15) is 6.04 Å². The molecule has 1 aromatic rings. The van der Waals surface area contributed by atoms with Crippen molar-refractivity contribution in [2.24, 2.45) is 0 Å². The fraction of sp³-hybridized carbons (Fsp3) is 0.476. The Bertz CT molecular complexity index is 942. The third-order valence-electron chi connectivity index (χ3n) is 5.62.